The minimum atomic E-state index is -0.555. The Kier molecular flexibility index (Phi) is 6.46. The first kappa shape index (κ1) is 17.3. The number of thiazole rings is 1. The maximum atomic E-state index is 13.1. The Morgan fingerprint density at radius 1 is 1.13 bits per heavy atom. The molecule has 124 valence electrons. The van der Waals surface area contributed by atoms with E-state index in [1.165, 1.54) is 12.1 Å². The van der Waals surface area contributed by atoms with E-state index in [2.05, 4.69) is 20.6 Å². The molecule has 0 aliphatic carbocycles. The van der Waals surface area contributed by atoms with Gasteiger partial charge in [0.1, 0.15) is 11.6 Å². The molecule has 0 fully saturated rings. The number of hydrogen-bond donors (Lipinski definition) is 2. The van der Waals surface area contributed by atoms with Crippen molar-refractivity contribution in [1.82, 2.24) is 15.6 Å². The summed E-state index contributed by atoms with van der Waals surface area (Å²) < 4.78 is 26.2. The van der Waals surface area contributed by atoms with E-state index in [4.69, 9.17) is 0 Å². The number of benzene rings is 1. The summed E-state index contributed by atoms with van der Waals surface area (Å²) in [4.78, 5) is 8.52. The summed E-state index contributed by atoms with van der Waals surface area (Å²) in [5.74, 6) is -0.448. The molecule has 0 saturated heterocycles. The molecule has 0 aliphatic rings. The molecular weight excluding hydrogens is 318 g/mol. The Bertz CT molecular complexity index is 650. The molecule has 0 unspecified atom stereocenters. The van der Waals surface area contributed by atoms with Gasteiger partial charge >= 0.3 is 0 Å². The van der Waals surface area contributed by atoms with E-state index in [-0.39, 0.29) is 0 Å². The molecule has 2 N–H and O–H groups in total. The first-order valence-electron chi connectivity index (χ1n) is 7.37. The standard InChI is InChI=1S/C16H20F2N4S/c1-11-22-15(10-23-11)4-6-21-16(19-2)20-5-3-12-7-13(17)9-14(18)8-12/h7-10H,3-6H2,1-2H3,(H2,19,20,21). The predicted molar refractivity (Wildman–Crippen MR) is 90.0 cm³/mol. The van der Waals surface area contributed by atoms with Crippen LogP contribution in [0.2, 0.25) is 0 Å². The number of rotatable bonds is 6. The minimum absolute atomic E-state index is 0.515. The minimum Gasteiger partial charge on any atom is -0.356 e. The second-order valence-corrected chi connectivity index (χ2v) is 6.12. The summed E-state index contributed by atoms with van der Waals surface area (Å²) in [6.07, 6.45) is 1.33. The lowest BCUT2D eigenvalue weighted by Crippen LogP contribution is -2.39. The molecule has 0 aliphatic heterocycles. The van der Waals surface area contributed by atoms with Gasteiger partial charge in [0.05, 0.1) is 10.7 Å². The van der Waals surface area contributed by atoms with Crippen molar-refractivity contribution in [3.63, 3.8) is 0 Å². The van der Waals surface area contributed by atoms with Crippen LogP contribution in [-0.2, 0) is 12.8 Å². The molecule has 4 nitrogen and oxygen atoms in total. The van der Waals surface area contributed by atoms with Crippen molar-refractivity contribution in [3.8, 4) is 0 Å². The largest absolute Gasteiger partial charge is 0.356 e. The Balaban J connectivity index is 1.72. The molecule has 0 spiro atoms. The fraction of sp³-hybridized carbons (Fsp3) is 0.375. The topological polar surface area (TPSA) is 49.3 Å². The zero-order valence-electron chi connectivity index (χ0n) is 13.2. The molecule has 0 bridgehead atoms. The summed E-state index contributed by atoms with van der Waals surface area (Å²) >= 11 is 1.64. The quantitative estimate of drug-likeness (QED) is 0.629. The van der Waals surface area contributed by atoms with E-state index in [1.807, 2.05) is 12.3 Å². The van der Waals surface area contributed by atoms with Crippen molar-refractivity contribution >= 4 is 17.3 Å². The van der Waals surface area contributed by atoms with Crippen LogP contribution in [0.5, 0.6) is 0 Å². The third-order valence-corrected chi connectivity index (χ3v) is 4.01. The number of nitrogens with one attached hydrogen (secondary N) is 2. The average molecular weight is 338 g/mol. The number of aliphatic imine (C=N–C) groups is 1. The Hall–Kier alpha value is -2.02. The van der Waals surface area contributed by atoms with Gasteiger partial charge in [-0.3, -0.25) is 4.99 Å². The van der Waals surface area contributed by atoms with Gasteiger partial charge in [0.2, 0.25) is 0 Å². The molecule has 23 heavy (non-hydrogen) atoms. The molecule has 2 aromatic rings. The van der Waals surface area contributed by atoms with Crippen LogP contribution in [-0.4, -0.2) is 31.1 Å². The smallest absolute Gasteiger partial charge is 0.190 e. The molecule has 2 rings (SSSR count). The Labute approximate surface area is 138 Å². The second-order valence-electron chi connectivity index (χ2n) is 5.06. The maximum absolute atomic E-state index is 13.1. The van der Waals surface area contributed by atoms with Crippen LogP contribution in [0.15, 0.2) is 28.6 Å². The zero-order valence-corrected chi connectivity index (χ0v) is 14.0. The first-order chi connectivity index (χ1) is 11.1. The number of halogens is 2. The lowest BCUT2D eigenvalue weighted by Gasteiger charge is -2.11. The van der Waals surface area contributed by atoms with Crippen molar-refractivity contribution in [2.24, 2.45) is 4.99 Å². The van der Waals surface area contributed by atoms with Gasteiger partial charge in [-0.25, -0.2) is 13.8 Å². The number of nitrogens with zero attached hydrogens (tertiary/aromatic N) is 2. The highest BCUT2D eigenvalue weighted by atomic mass is 32.1. The van der Waals surface area contributed by atoms with Gasteiger partial charge in [0, 0.05) is 38.0 Å². The highest BCUT2D eigenvalue weighted by molar-refractivity contribution is 7.09. The summed E-state index contributed by atoms with van der Waals surface area (Å²) in [7, 11) is 1.68. The average Bonchev–Trinajstić information content (AvgIpc) is 2.90. The summed E-state index contributed by atoms with van der Waals surface area (Å²) in [5.41, 5.74) is 1.68. The monoisotopic (exact) mass is 338 g/mol. The van der Waals surface area contributed by atoms with E-state index in [0.717, 1.165) is 29.7 Å². The molecule has 0 radical (unpaired) electrons. The Morgan fingerprint density at radius 2 is 1.78 bits per heavy atom. The van der Waals surface area contributed by atoms with E-state index >= 15 is 0 Å². The van der Waals surface area contributed by atoms with Gasteiger partial charge in [0.15, 0.2) is 5.96 Å². The molecule has 0 atom stereocenters. The first-order valence-corrected chi connectivity index (χ1v) is 8.25. The predicted octanol–water partition coefficient (Wildman–Crippen LogP) is 2.68. The van der Waals surface area contributed by atoms with Crippen LogP contribution in [0.1, 0.15) is 16.3 Å². The molecule has 0 saturated carbocycles. The fourth-order valence-electron chi connectivity index (χ4n) is 2.13. The van der Waals surface area contributed by atoms with Crippen LogP contribution in [0, 0.1) is 18.6 Å². The van der Waals surface area contributed by atoms with E-state index < -0.39 is 11.6 Å². The third-order valence-electron chi connectivity index (χ3n) is 3.19. The van der Waals surface area contributed by atoms with Gasteiger partial charge in [-0.2, -0.15) is 0 Å². The molecular formula is C16H20F2N4S. The van der Waals surface area contributed by atoms with Crippen molar-refractivity contribution in [2.75, 3.05) is 20.1 Å². The van der Waals surface area contributed by atoms with Crippen LogP contribution in [0.3, 0.4) is 0 Å². The lowest BCUT2D eigenvalue weighted by atomic mass is 10.1. The van der Waals surface area contributed by atoms with Crippen LogP contribution >= 0.6 is 11.3 Å². The number of hydrogen-bond acceptors (Lipinski definition) is 3. The van der Waals surface area contributed by atoms with E-state index in [1.54, 1.807) is 18.4 Å². The lowest BCUT2D eigenvalue weighted by molar-refractivity contribution is 0.579. The van der Waals surface area contributed by atoms with Gasteiger partial charge in [-0.15, -0.1) is 11.3 Å². The van der Waals surface area contributed by atoms with Gasteiger partial charge in [0.25, 0.3) is 0 Å². The van der Waals surface area contributed by atoms with Crippen LogP contribution in [0.4, 0.5) is 8.78 Å². The molecule has 0 amide bonds. The summed E-state index contributed by atoms with van der Waals surface area (Å²) in [6, 6.07) is 3.55. The van der Waals surface area contributed by atoms with Crippen molar-refractivity contribution in [1.29, 1.82) is 0 Å². The van der Waals surface area contributed by atoms with E-state index in [9.17, 15) is 8.78 Å². The molecule has 1 aromatic carbocycles. The highest BCUT2D eigenvalue weighted by Gasteiger charge is 2.03. The van der Waals surface area contributed by atoms with E-state index in [0.29, 0.717) is 24.5 Å². The normalized spacial score (nSPS) is 11.6. The molecule has 7 heteroatoms. The summed E-state index contributed by atoms with van der Waals surface area (Å²) in [5, 5.41) is 9.42. The van der Waals surface area contributed by atoms with Gasteiger partial charge < -0.3 is 10.6 Å². The van der Waals surface area contributed by atoms with Crippen molar-refractivity contribution in [3.05, 3.63) is 51.5 Å². The zero-order chi connectivity index (χ0) is 16.7. The fourth-order valence-corrected chi connectivity index (χ4v) is 2.78. The highest BCUT2D eigenvalue weighted by Crippen LogP contribution is 2.08. The van der Waals surface area contributed by atoms with Crippen molar-refractivity contribution < 1.29 is 8.78 Å². The number of aryl methyl sites for hydroxylation is 1. The summed E-state index contributed by atoms with van der Waals surface area (Å²) in [6.45, 7) is 3.24. The van der Waals surface area contributed by atoms with Crippen LogP contribution < -0.4 is 10.6 Å². The second kappa shape index (κ2) is 8.57. The Morgan fingerprint density at radius 3 is 2.35 bits per heavy atom. The van der Waals surface area contributed by atoms with Crippen molar-refractivity contribution in [2.45, 2.75) is 19.8 Å². The SMILES string of the molecule is CN=C(NCCc1cc(F)cc(F)c1)NCCc1csc(C)n1. The van der Waals surface area contributed by atoms with Crippen LogP contribution in [0.25, 0.3) is 0 Å². The third kappa shape index (κ3) is 5.94. The number of guanidine groups is 1. The maximum Gasteiger partial charge on any atom is 0.190 e. The number of aromatic nitrogens is 1. The molecule has 1 aromatic heterocycles. The van der Waals surface area contributed by atoms with Gasteiger partial charge in [-0.1, -0.05) is 0 Å². The van der Waals surface area contributed by atoms with Gasteiger partial charge in [-0.05, 0) is 31.0 Å². The molecule has 1 heterocycles.